The molecular weight excluding hydrogens is 504 g/mol. The van der Waals surface area contributed by atoms with Gasteiger partial charge in [-0.25, -0.2) is 21.9 Å². The molecule has 6 nitrogen and oxygen atoms in total. The van der Waals surface area contributed by atoms with Gasteiger partial charge in [0.05, 0.1) is 5.69 Å². The van der Waals surface area contributed by atoms with Gasteiger partial charge in [0.2, 0.25) is 10.0 Å². The molecule has 1 aliphatic rings. The van der Waals surface area contributed by atoms with Crippen molar-refractivity contribution in [2.45, 2.75) is 42.5 Å². The molecule has 2 atom stereocenters. The van der Waals surface area contributed by atoms with Crippen LogP contribution in [0.1, 0.15) is 25.5 Å². The number of hydrogen-bond donors (Lipinski definition) is 1. The Bertz CT molecular complexity index is 1420. The molecule has 34 heavy (non-hydrogen) atoms. The van der Waals surface area contributed by atoms with Gasteiger partial charge in [-0.1, -0.05) is 11.2 Å². The van der Waals surface area contributed by atoms with E-state index in [-0.39, 0.29) is 40.3 Å². The molecule has 5 rings (SSSR count). The van der Waals surface area contributed by atoms with Gasteiger partial charge in [-0.2, -0.15) is 0 Å². The second-order valence-corrected chi connectivity index (χ2v) is 11.5. The lowest BCUT2D eigenvalue weighted by atomic mass is 10.1. The average Bonchev–Trinajstić information content (AvgIpc) is 3.45. The van der Waals surface area contributed by atoms with E-state index in [0.717, 1.165) is 35.4 Å². The van der Waals surface area contributed by atoms with E-state index >= 15 is 0 Å². The van der Waals surface area contributed by atoms with Gasteiger partial charge in [0.1, 0.15) is 15.8 Å². The van der Waals surface area contributed by atoms with Crippen molar-refractivity contribution in [2.75, 3.05) is 13.1 Å². The monoisotopic (exact) mass is 527 g/mol. The Kier molecular flexibility index (Phi) is 7.25. The van der Waals surface area contributed by atoms with Gasteiger partial charge < -0.3 is 4.52 Å². The molecule has 1 aliphatic heterocycles. The van der Waals surface area contributed by atoms with Crippen LogP contribution in [0.15, 0.2) is 51.2 Å². The Morgan fingerprint density at radius 2 is 1.94 bits per heavy atom. The molecule has 3 heterocycles. The molecule has 0 amide bonds. The first-order valence-corrected chi connectivity index (χ1v) is 13.1. The van der Waals surface area contributed by atoms with Crippen LogP contribution in [0.4, 0.5) is 8.78 Å². The quantitative estimate of drug-likeness (QED) is 0.361. The summed E-state index contributed by atoms with van der Waals surface area (Å²) in [5.41, 5.74) is 1.24. The number of thiophene rings is 1. The Morgan fingerprint density at radius 3 is 2.76 bits per heavy atom. The van der Waals surface area contributed by atoms with Gasteiger partial charge in [0, 0.05) is 34.8 Å². The maximum Gasteiger partial charge on any atom is 0.250 e. The Labute approximate surface area is 206 Å². The van der Waals surface area contributed by atoms with E-state index in [0.29, 0.717) is 35.1 Å². The normalized spacial score (nSPS) is 19.1. The zero-order chi connectivity index (χ0) is 23.2. The molecule has 11 heteroatoms. The Hall–Kier alpha value is -2.11. The molecular formula is C23H24ClF2N3O3S2. The topological polar surface area (TPSA) is 75.4 Å². The van der Waals surface area contributed by atoms with Crippen LogP contribution in [0.3, 0.4) is 0 Å². The van der Waals surface area contributed by atoms with E-state index in [4.69, 9.17) is 4.52 Å². The van der Waals surface area contributed by atoms with E-state index in [1.807, 2.05) is 0 Å². The minimum absolute atomic E-state index is 0. The van der Waals surface area contributed by atoms with Crippen molar-refractivity contribution >= 4 is 54.8 Å². The number of nitrogens with zero attached hydrogens (tertiary/aromatic N) is 2. The second kappa shape index (κ2) is 9.87. The summed E-state index contributed by atoms with van der Waals surface area (Å²) < 4.78 is 61.5. The van der Waals surface area contributed by atoms with Gasteiger partial charge in [-0.15, -0.1) is 23.7 Å². The highest BCUT2D eigenvalue weighted by molar-refractivity contribution is 7.91. The van der Waals surface area contributed by atoms with Gasteiger partial charge in [-0.05, 0) is 68.4 Å². The number of halogens is 3. The predicted molar refractivity (Wildman–Crippen MR) is 131 cm³/mol. The molecule has 182 valence electrons. The maximum atomic E-state index is 13.5. The Balaban J connectivity index is 0.00000274. The molecule has 1 N–H and O–H groups in total. The summed E-state index contributed by atoms with van der Waals surface area (Å²) in [7, 11) is -3.68. The summed E-state index contributed by atoms with van der Waals surface area (Å²) in [6.07, 6.45) is 2.23. The summed E-state index contributed by atoms with van der Waals surface area (Å²) >= 11 is 1.07. The molecule has 1 saturated heterocycles. The number of rotatable bonds is 7. The summed E-state index contributed by atoms with van der Waals surface area (Å²) in [5, 5.41) is 5.60. The lowest BCUT2D eigenvalue weighted by molar-refractivity contribution is 0.263. The van der Waals surface area contributed by atoms with Gasteiger partial charge >= 0.3 is 0 Å². The summed E-state index contributed by atoms with van der Waals surface area (Å²) in [4.78, 5) is 2.26. The highest BCUT2D eigenvalue weighted by atomic mass is 35.5. The maximum absolute atomic E-state index is 13.5. The van der Waals surface area contributed by atoms with E-state index in [2.05, 4.69) is 21.7 Å². The van der Waals surface area contributed by atoms with Crippen molar-refractivity contribution in [1.82, 2.24) is 14.8 Å². The molecule has 0 unspecified atom stereocenters. The van der Waals surface area contributed by atoms with Crippen LogP contribution in [0.25, 0.3) is 21.1 Å². The van der Waals surface area contributed by atoms with Crippen LogP contribution in [0.2, 0.25) is 0 Å². The van der Waals surface area contributed by atoms with Crippen LogP contribution in [0, 0.1) is 11.6 Å². The van der Waals surface area contributed by atoms with Crippen molar-refractivity contribution in [3.05, 3.63) is 59.8 Å². The minimum Gasteiger partial charge on any atom is -0.356 e. The zero-order valence-corrected chi connectivity index (χ0v) is 20.8. The van der Waals surface area contributed by atoms with Crippen LogP contribution in [0.5, 0.6) is 0 Å². The standard InChI is InChI=1S/C23H23F2N3O3S2.ClH/c1-14-9-18(27-33(29,30)23-10-15-4-5-17(25)12-22(15)32-23)13-28(14)8-2-3-20-19-7-6-16(24)11-21(19)31-26-20;/h4-7,10-12,14,18,27H,2-3,8-9,13H2,1H3;1H/t14-,18-;/m0./s1. The number of sulfonamides is 1. The number of hydrogen-bond acceptors (Lipinski definition) is 6. The van der Waals surface area contributed by atoms with Gasteiger partial charge in [-0.3, -0.25) is 4.90 Å². The molecule has 1 fully saturated rings. The average molecular weight is 528 g/mol. The third-order valence-electron chi connectivity index (χ3n) is 6.12. The molecule has 4 aromatic rings. The first-order chi connectivity index (χ1) is 15.8. The fourth-order valence-corrected chi connectivity index (χ4v) is 7.16. The molecule has 0 saturated carbocycles. The largest absolute Gasteiger partial charge is 0.356 e. The Morgan fingerprint density at radius 1 is 1.18 bits per heavy atom. The van der Waals surface area contributed by atoms with Crippen LogP contribution in [-0.2, 0) is 16.4 Å². The zero-order valence-electron chi connectivity index (χ0n) is 18.3. The van der Waals surface area contributed by atoms with E-state index in [9.17, 15) is 17.2 Å². The van der Waals surface area contributed by atoms with Crippen LogP contribution < -0.4 is 4.72 Å². The number of likely N-dealkylation sites (tertiary alicyclic amines) is 1. The number of fused-ring (bicyclic) bond motifs is 2. The molecule has 2 aromatic heterocycles. The number of nitrogens with one attached hydrogen (secondary N) is 1. The van der Waals surface area contributed by atoms with Crippen molar-refractivity contribution in [3.8, 4) is 0 Å². The van der Waals surface area contributed by atoms with E-state index in [1.54, 1.807) is 18.2 Å². The smallest absolute Gasteiger partial charge is 0.250 e. The molecule has 2 aromatic carbocycles. The summed E-state index contributed by atoms with van der Waals surface area (Å²) in [5.74, 6) is -0.736. The SMILES string of the molecule is C[C@H]1C[C@H](NS(=O)(=O)c2cc3ccc(F)cc3s2)CN1CCCc1noc2cc(F)ccc12.Cl. The fourth-order valence-electron chi connectivity index (χ4n) is 4.48. The van der Waals surface area contributed by atoms with E-state index in [1.165, 1.54) is 24.3 Å². The summed E-state index contributed by atoms with van der Waals surface area (Å²) in [6, 6.07) is 10.3. The minimum atomic E-state index is -3.68. The lowest BCUT2D eigenvalue weighted by Crippen LogP contribution is -2.37. The molecule has 0 spiro atoms. The highest BCUT2D eigenvalue weighted by Gasteiger charge is 2.32. The summed E-state index contributed by atoms with van der Waals surface area (Å²) in [6.45, 7) is 3.49. The van der Waals surface area contributed by atoms with E-state index < -0.39 is 10.0 Å². The first kappa shape index (κ1) is 25.0. The van der Waals surface area contributed by atoms with Crippen molar-refractivity contribution < 1.29 is 21.7 Å². The third-order valence-corrected chi connectivity index (χ3v) is 9.21. The first-order valence-electron chi connectivity index (χ1n) is 10.8. The molecule has 0 radical (unpaired) electrons. The predicted octanol–water partition coefficient (Wildman–Crippen LogP) is 5.12. The molecule has 0 aliphatic carbocycles. The highest BCUT2D eigenvalue weighted by Crippen LogP contribution is 2.30. The van der Waals surface area contributed by atoms with Crippen molar-refractivity contribution in [1.29, 1.82) is 0 Å². The number of aromatic nitrogens is 1. The van der Waals surface area contributed by atoms with Crippen molar-refractivity contribution in [3.63, 3.8) is 0 Å². The number of aryl methyl sites for hydroxylation is 1. The van der Waals surface area contributed by atoms with Crippen LogP contribution in [-0.4, -0.2) is 43.6 Å². The second-order valence-electron chi connectivity index (χ2n) is 8.52. The lowest BCUT2D eigenvalue weighted by Gasteiger charge is -2.20. The van der Waals surface area contributed by atoms with Crippen molar-refractivity contribution in [2.24, 2.45) is 0 Å². The fraction of sp³-hybridized carbons (Fsp3) is 0.348. The molecule has 0 bridgehead atoms. The van der Waals surface area contributed by atoms with Gasteiger partial charge in [0.15, 0.2) is 5.58 Å². The third kappa shape index (κ3) is 5.11. The van der Waals surface area contributed by atoms with Gasteiger partial charge in [0.25, 0.3) is 0 Å². The van der Waals surface area contributed by atoms with Crippen LogP contribution >= 0.6 is 23.7 Å². The number of benzene rings is 2.